The number of nitrogens with one attached hydrogen (secondary N) is 1. The van der Waals surface area contributed by atoms with Crippen LogP contribution in [0.25, 0.3) is 0 Å². The van der Waals surface area contributed by atoms with Crippen molar-refractivity contribution in [2.45, 2.75) is 13.0 Å². The second-order valence-electron chi connectivity index (χ2n) is 3.36. The van der Waals surface area contributed by atoms with Crippen LogP contribution >= 0.6 is 0 Å². The van der Waals surface area contributed by atoms with E-state index in [-0.39, 0.29) is 5.75 Å². The molecule has 0 saturated heterocycles. The molecule has 0 aliphatic heterocycles. The quantitative estimate of drug-likeness (QED) is 0.856. The molecule has 1 unspecified atom stereocenters. The minimum absolute atomic E-state index is 0.0542. The predicted octanol–water partition coefficient (Wildman–Crippen LogP) is 1.20. The number of nitriles is 1. The second kappa shape index (κ2) is 5.66. The molecular weight excluding hydrogens is 240 g/mol. The van der Waals surface area contributed by atoms with Crippen molar-refractivity contribution in [2.75, 3.05) is 12.9 Å². The van der Waals surface area contributed by atoms with E-state index in [1.165, 1.54) is 14.0 Å². The summed E-state index contributed by atoms with van der Waals surface area (Å²) in [7, 11) is -1.86. The molecule has 0 spiro atoms. The summed E-state index contributed by atoms with van der Waals surface area (Å²) in [6.07, 6.45) is 0. The van der Waals surface area contributed by atoms with E-state index < -0.39 is 16.1 Å². The van der Waals surface area contributed by atoms with E-state index in [9.17, 15) is 8.42 Å². The van der Waals surface area contributed by atoms with Crippen LogP contribution in [0.1, 0.15) is 18.5 Å². The Morgan fingerprint density at radius 3 is 2.41 bits per heavy atom. The van der Waals surface area contributed by atoms with Crippen LogP contribution in [-0.2, 0) is 10.0 Å². The maximum absolute atomic E-state index is 11.4. The topological polar surface area (TPSA) is 79.2 Å². The Balaban J connectivity index is 2.91. The molecule has 0 bridgehead atoms. The lowest BCUT2D eigenvalue weighted by atomic mass is 10.1. The Kier molecular flexibility index (Phi) is 4.49. The van der Waals surface area contributed by atoms with Crippen molar-refractivity contribution in [3.05, 3.63) is 29.8 Å². The van der Waals surface area contributed by atoms with Gasteiger partial charge in [-0.05, 0) is 24.6 Å². The molecule has 0 aliphatic carbocycles. The molecule has 1 aromatic rings. The fourth-order valence-electron chi connectivity index (χ4n) is 1.23. The van der Waals surface area contributed by atoms with Gasteiger partial charge in [0.2, 0.25) is 10.0 Å². The summed E-state index contributed by atoms with van der Waals surface area (Å²) in [5, 5.41) is 8.96. The molecule has 0 radical (unpaired) electrons. The number of hydrogen-bond donors (Lipinski definition) is 1. The lowest BCUT2D eigenvalue weighted by Crippen LogP contribution is -2.29. The monoisotopic (exact) mass is 254 g/mol. The van der Waals surface area contributed by atoms with Gasteiger partial charge in [0.05, 0.1) is 18.9 Å². The third-order valence-electron chi connectivity index (χ3n) is 2.26. The number of benzene rings is 1. The number of hydrogen-bond acceptors (Lipinski definition) is 4. The van der Waals surface area contributed by atoms with Gasteiger partial charge >= 0.3 is 0 Å². The van der Waals surface area contributed by atoms with E-state index in [0.717, 1.165) is 0 Å². The van der Waals surface area contributed by atoms with Crippen LogP contribution in [0.2, 0.25) is 0 Å². The van der Waals surface area contributed by atoms with E-state index in [4.69, 9.17) is 10.00 Å². The molecule has 1 N–H and O–H groups in total. The fourth-order valence-corrected chi connectivity index (χ4v) is 1.94. The van der Waals surface area contributed by atoms with Gasteiger partial charge in [-0.3, -0.25) is 0 Å². The summed E-state index contributed by atoms with van der Waals surface area (Å²) in [6.45, 7) is 1.52. The van der Waals surface area contributed by atoms with Crippen LogP contribution in [0.3, 0.4) is 0 Å². The summed E-state index contributed by atoms with van der Waals surface area (Å²) >= 11 is 0. The number of ether oxygens (including phenoxy) is 1. The van der Waals surface area contributed by atoms with Crippen LogP contribution in [0.4, 0.5) is 0 Å². The number of sulfonamides is 1. The molecule has 0 amide bonds. The average molecular weight is 254 g/mol. The van der Waals surface area contributed by atoms with Crippen molar-refractivity contribution in [1.29, 1.82) is 5.26 Å². The Labute approximate surface area is 101 Å². The first kappa shape index (κ1) is 13.5. The van der Waals surface area contributed by atoms with Crippen molar-refractivity contribution in [2.24, 2.45) is 0 Å². The second-order valence-corrected chi connectivity index (χ2v) is 5.40. The highest BCUT2D eigenvalue weighted by Crippen LogP contribution is 2.17. The molecule has 0 saturated carbocycles. The van der Waals surface area contributed by atoms with Gasteiger partial charge in [-0.25, -0.2) is 8.42 Å². The molecule has 92 valence electrons. The first-order chi connectivity index (χ1) is 8.02. The van der Waals surface area contributed by atoms with Crippen LogP contribution in [0.5, 0.6) is 5.75 Å². The standard InChI is InChI=1S/C11H14N2O3S/c1-3-17(14,15)13-11(8-12)9-4-6-10(16-2)7-5-9/h4-7,11,13H,3H2,1-2H3. The molecule has 17 heavy (non-hydrogen) atoms. The van der Waals surface area contributed by atoms with Gasteiger partial charge in [-0.1, -0.05) is 12.1 Å². The van der Waals surface area contributed by atoms with Crippen molar-refractivity contribution < 1.29 is 13.2 Å². The highest BCUT2D eigenvalue weighted by molar-refractivity contribution is 7.89. The molecule has 5 nitrogen and oxygen atoms in total. The number of nitrogens with zero attached hydrogens (tertiary/aromatic N) is 1. The minimum Gasteiger partial charge on any atom is -0.497 e. The summed E-state index contributed by atoms with van der Waals surface area (Å²) in [5.74, 6) is 0.602. The van der Waals surface area contributed by atoms with E-state index >= 15 is 0 Å². The highest BCUT2D eigenvalue weighted by atomic mass is 32.2. The Hall–Kier alpha value is -1.58. The van der Waals surface area contributed by atoms with Gasteiger partial charge < -0.3 is 4.74 Å². The van der Waals surface area contributed by atoms with Gasteiger partial charge in [0.1, 0.15) is 11.8 Å². The molecule has 0 aromatic heterocycles. The molecule has 1 atom stereocenters. The number of methoxy groups -OCH3 is 1. The first-order valence-electron chi connectivity index (χ1n) is 5.06. The third kappa shape index (κ3) is 3.73. The molecular formula is C11H14N2O3S. The average Bonchev–Trinajstić information content (AvgIpc) is 2.36. The lowest BCUT2D eigenvalue weighted by molar-refractivity contribution is 0.414. The SMILES string of the molecule is CCS(=O)(=O)NC(C#N)c1ccc(OC)cc1. The molecule has 0 heterocycles. The van der Waals surface area contributed by atoms with Gasteiger partial charge in [0, 0.05) is 0 Å². The van der Waals surface area contributed by atoms with Crippen molar-refractivity contribution in [3.63, 3.8) is 0 Å². The predicted molar refractivity (Wildman–Crippen MR) is 63.9 cm³/mol. The Morgan fingerprint density at radius 1 is 1.41 bits per heavy atom. The maximum Gasteiger partial charge on any atom is 0.212 e. The summed E-state index contributed by atoms with van der Waals surface area (Å²) in [6, 6.07) is 7.72. The lowest BCUT2D eigenvalue weighted by Gasteiger charge is -2.11. The normalized spacial score (nSPS) is 12.8. The Bertz CT molecular complexity index is 503. The van der Waals surface area contributed by atoms with Crippen LogP contribution in [0.15, 0.2) is 24.3 Å². The Morgan fingerprint density at radius 2 is 2.00 bits per heavy atom. The van der Waals surface area contributed by atoms with Crippen molar-refractivity contribution in [3.8, 4) is 11.8 Å². The highest BCUT2D eigenvalue weighted by Gasteiger charge is 2.17. The van der Waals surface area contributed by atoms with E-state index in [2.05, 4.69) is 4.72 Å². The summed E-state index contributed by atoms with van der Waals surface area (Å²) in [4.78, 5) is 0. The van der Waals surface area contributed by atoms with Crippen LogP contribution < -0.4 is 9.46 Å². The largest absolute Gasteiger partial charge is 0.497 e. The molecule has 1 aromatic carbocycles. The molecule has 1 rings (SSSR count). The third-order valence-corrected chi connectivity index (χ3v) is 3.61. The summed E-state index contributed by atoms with van der Waals surface area (Å²) in [5.41, 5.74) is 0.588. The molecule has 6 heteroatoms. The molecule has 0 fully saturated rings. The summed E-state index contributed by atoms with van der Waals surface area (Å²) < 4.78 is 30.1. The molecule has 0 aliphatic rings. The van der Waals surface area contributed by atoms with Gasteiger partial charge in [0.25, 0.3) is 0 Å². The van der Waals surface area contributed by atoms with Crippen LogP contribution in [0, 0.1) is 11.3 Å². The zero-order valence-corrected chi connectivity index (χ0v) is 10.5. The van der Waals surface area contributed by atoms with Crippen molar-refractivity contribution >= 4 is 10.0 Å². The minimum atomic E-state index is -3.40. The van der Waals surface area contributed by atoms with Gasteiger partial charge in [-0.15, -0.1) is 0 Å². The van der Waals surface area contributed by atoms with Crippen molar-refractivity contribution in [1.82, 2.24) is 4.72 Å². The van der Waals surface area contributed by atoms with E-state index in [1.807, 2.05) is 6.07 Å². The zero-order valence-electron chi connectivity index (χ0n) is 9.67. The first-order valence-corrected chi connectivity index (χ1v) is 6.71. The fraction of sp³-hybridized carbons (Fsp3) is 0.364. The van der Waals surface area contributed by atoms with Gasteiger partial charge in [-0.2, -0.15) is 9.98 Å². The van der Waals surface area contributed by atoms with E-state index in [1.54, 1.807) is 24.3 Å². The number of rotatable bonds is 5. The van der Waals surface area contributed by atoms with Gasteiger partial charge in [0.15, 0.2) is 0 Å². The van der Waals surface area contributed by atoms with Crippen LogP contribution in [-0.4, -0.2) is 21.3 Å². The smallest absolute Gasteiger partial charge is 0.212 e. The maximum atomic E-state index is 11.4. The van der Waals surface area contributed by atoms with E-state index in [0.29, 0.717) is 11.3 Å². The zero-order chi connectivity index (χ0) is 12.9.